The molecule has 0 saturated carbocycles. The smallest absolute Gasteiger partial charge is 0.312 e. The quantitative estimate of drug-likeness (QED) is 0.358. The van der Waals surface area contributed by atoms with Crippen molar-refractivity contribution >= 4 is 12.3 Å². The predicted molar refractivity (Wildman–Crippen MR) is 50.2 cm³/mol. The Morgan fingerprint density at radius 1 is 1.46 bits per heavy atom. The highest BCUT2D eigenvalue weighted by Crippen LogP contribution is 2.07. The zero-order valence-corrected chi connectivity index (χ0v) is 8.16. The fourth-order valence-electron chi connectivity index (χ4n) is 0.929. The monoisotopic (exact) mass is 184 g/mol. The van der Waals surface area contributed by atoms with E-state index in [1.54, 1.807) is 19.1 Å². The van der Waals surface area contributed by atoms with Crippen LogP contribution in [0, 0.1) is 5.92 Å². The summed E-state index contributed by atoms with van der Waals surface area (Å²) in [5, 5.41) is 0. The number of allylic oxidation sites excluding steroid dienone is 1. The van der Waals surface area contributed by atoms with Crippen LogP contribution in [0.15, 0.2) is 12.2 Å². The summed E-state index contributed by atoms with van der Waals surface area (Å²) >= 11 is 0. The Labute approximate surface area is 78.8 Å². The summed E-state index contributed by atoms with van der Waals surface area (Å²) in [6.45, 7) is 4.09. The van der Waals surface area contributed by atoms with Crippen molar-refractivity contribution in [2.24, 2.45) is 5.92 Å². The van der Waals surface area contributed by atoms with Crippen LogP contribution in [0.4, 0.5) is 0 Å². The van der Waals surface area contributed by atoms with Gasteiger partial charge in [0.15, 0.2) is 0 Å². The highest BCUT2D eigenvalue weighted by atomic mass is 16.5. The van der Waals surface area contributed by atoms with Gasteiger partial charge in [0.25, 0.3) is 0 Å². The van der Waals surface area contributed by atoms with Crippen LogP contribution < -0.4 is 0 Å². The molecule has 0 aliphatic carbocycles. The van der Waals surface area contributed by atoms with Crippen LogP contribution in [0.2, 0.25) is 0 Å². The van der Waals surface area contributed by atoms with Gasteiger partial charge >= 0.3 is 5.97 Å². The average Bonchev–Trinajstić information content (AvgIpc) is 2.13. The summed E-state index contributed by atoms with van der Waals surface area (Å²) in [4.78, 5) is 21.2. The van der Waals surface area contributed by atoms with Crippen molar-refractivity contribution in [1.82, 2.24) is 0 Å². The van der Waals surface area contributed by atoms with Crippen LogP contribution >= 0.6 is 0 Å². The fraction of sp³-hybridized carbons (Fsp3) is 0.600. The van der Waals surface area contributed by atoms with Crippen LogP contribution in [-0.2, 0) is 14.3 Å². The molecule has 0 rings (SSSR count). The first-order valence-corrected chi connectivity index (χ1v) is 4.53. The van der Waals surface area contributed by atoms with Gasteiger partial charge in [0, 0.05) is 6.42 Å². The lowest BCUT2D eigenvalue weighted by molar-refractivity contribution is -0.146. The van der Waals surface area contributed by atoms with E-state index in [2.05, 4.69) is 0 Å². The van der Waals surface area contributed by atoms with Crippen molar-refractivity contribution in [2.45, 2.75) is 26.7 Å². The molecule has 0 radical (unpaired) electrons. The molecule has 1 atom stereocenters. The maximum absolute atomic E-state index is 11.2. The van der Waals surface area contributed by atoms with Crippen molar-refractivity contribution in [1.29, 1.82) is 0 Å². The minimum atomic E-state index is -0.216. The number of carbonyl (C=O) groups is 2. The summed E-state index contributed by atoms with van der Waals surface area (Å²) in [7, 11) is 0. The van der Waals surface area contributed by atoms with Gasteiger partial charge in [-0.3, -0.25) is 4.79 Å². The second kappa shape index (κ2) is 7.53. The minimum Gasteiger partial charge on any atom is -0.466 e. The van der Waals surface area contributed by atoms with Gasteiger partial charge in [0.2, 0.25) is 0 Å². The Hall–Kier alpha value is -1.12. The Bertz CT molecular complexity index is 185. The normalized spacial score (nSPS) is 12.8. The first kappa shape index (κ1) is 11.9. The molecule has 0 spiro atoms. The lowest BCUT2D eigenvalue weighted by atomic mass is 10.1. The van der Waals surface area contributed by atoms with Gasteiger partial charge in [0.05, 0.1) is 12.5 Å². The molecule has 0 amide bonds. The molecule has 3 nitrogen and oxygen atoms in total. The molecule has 0 saturated heterocycles. The van der Waals surface area contributed by atoms with Gasteiger partial charge in [0.1, 0.15) is 6.29 Å². The van der Waals surface area contributed by atoms with Gasteiger partial charge in [-0.05, 0) is 13.3 Å². The number of hydrogen-bond donors (Lipinski definition) is 0. The molecule has 0 aromatic heterocycles. The summed E-state index contributed by atoms with van der Waals surface area (Å²) in [6, 6.07) is 0. The summed E-state index contributed by atoms with van der Waals surface area (Å²) in [5.41, 5.74) is 0. The second-order valence-electron chi connectivity index (χ2n) is 2.60. The van der Waals surface area contributed by atoms with E-state index in [9.17, 15) is 9.59 Å². The molecule has 0 N–H and O–H groups in total. The highest BCUT2D eigenvalue weighted by Gasteiger charge is 2.13. The van der Waals surface area contributed by atoms with Gasteiger partial charge in [-0.2, -0.15) is 0 Å². The van der Waals surface area contributed by atoms with E-state index < -0.39 is 0 Å². The molecular weight excluding hydrogens is 168 g/mol. The maximum Gasteiger partial charge on any atom is 0.312 e. The standard InChI is InChI=1S/C10H16O3/c1-3-9(7-5-6-8-11)10(12)13-4-2/h5,7-9H,3-4,6H2,1-2H3/b7-5+. The zero-order valence-electron chi connectivity index (χ0n) is 8.16. The fourth-order valence-corrected chi connectivity index (χ4v) is 0.929. The third kappa shape index (κ3) is 5.17. The molecule has 13 heavy (non-hydrogen) atoms. The lowest BCUT2D eigenvalue weighted by Crippen LogP contribution is -2.14. The topological polar surface area (TPSA) is 43.4 Å². The van der Waals surface area contributed by atoms with Gasteiger partial charge in [-0.15, -0.1) is 0 Å². The third-order valence-corrected chi connectivity index (χ3v) is 1.63. The van der Waals surface area contributed by atoms with Crippen LogP contribution in [0.1, 0.15) is 26.7 Å². The van der Waals surface area contributed by atoms with Crippen LogP contribution in [0.25, 0.3) is 0 Å². The third-order valence-electron chi connectivity index (χ3n) is 1.63. The largest absolute Gasteiger partial charge is 0.466 e. The van der Waals surface area contributed by atoms with Gasteiger partial charge in [-0.1, -0.05) is 19.1 Å². The predicted octanol–water partition coefficient (Wildman–Crippen LogP) is 1.72. The molecule has 3 heteroatoms. The molecule has 0 aromatic carbocycles. The Kier molecular flexibility index (Phi) is 6.88. The number of hydrogen-bond acceptors (Lipinski definition) is 3. The van der Waals surface area contributed by atoms with Crippen LogP contribution in [0.5, 0.6) is 0 Å². The number of esters is 1. The maximum atomic E-state index is 11.2. The van der Waals surface area contributed by atoms with Crippen molar-refractivity contribution in [3.63, 3.8) is 0 Å². The van der Waals surface area contributed by atoms with E-state index in [1.165, 1.54) is 0 Å². The van der Waals surface area contributed by atoms with E-state index in [-0.39, 0.29) is 11.9 Å². The number of rotatable bonds is 6. The van der Waals surface area contributed by atoms with E-state index >= 15 is 0 Å². The summed E-state index contributed by atoms with van der Waals surface area (Å²) in [6.07, 6.45) is 5.28. The van der Waals surface area contributed by atoms with Gasteiger partial charge in [-0.25, -0.2) is 0 Å². The van der Waals surface area contributed by atoms with Crippen molar-refractivity contribution in [2.75, 3.05) is 6.61 Å². The molecule has 0 aliphatic heterocycles. The average molecular weight is 184 g/mol. The molecule has 1 unspecified atom stereocenters. The Balaban J connectivity index is 4.00. The molecule has 0 aromatic rings. The summed E-state index contributed by atoms with van der Waals surface area (Å²) < 4.78 is 4.85. The molecule has 0 fully saturated rings. The molecule has 74 valence electrons. The Morgan fingerprint density at radius 2 is 2.15 bits per heavy atom. The molecule has 0 heterocycles. The van der Waals surface area contributed by atoms with E-state index in [4.69, 9.17) is 4.74 Å². The second-order valence-corrected chi connectivity index (χ2v) is 2.60. The SMILES string of the molecule is CCOC(=O)C(/C=C/CC=O)CC. The number of ether oxygens (including phenoxy) is 1. The van der Waals surface area contributed by atoms with Crippen molar-refractivity contribution < 1.29 is 14.3 Å². The molecule has 0 bridgehead atoms. The first-order chi connectivity index (χ1) is 6.26. The van der Waals surface area contributed by atoms with E-state index in [0.29, 0.717) is 19.4 Å². The van der Waals surface area contributed by atoms with Gasteiger partial charge < -0.3 is 9.53 Å². The molecule has 0 aliphatic rings. The highest BCUT2D eigenvalue weighted by molar-refractivity contribution is 5.74. The minimum absolute atomic E-state index is 0.208. The first-order valence-electron chi connectivity index (χ1n) is 4.53. The lowest BCUT2D eigenvalue weighted by Gasteiger charge is -2.07. The van der Waals surface area contributed by atoms with Crippen LogP contribution in [0.3, 0.4) is 0 Å². The Morgan fingerprint density at radius 3 is 2.62 bits per heavy atom. The van der Waals surface area contributed by atoms with E-state index in [0.717, 1.165) is 6.29 Å². The number of carbonyl (C=O) groups excluding carboxylic acids is 2. The van der Waals surface area contributed by atoms with E-state index in [1.807, 2.05) is 6.92 Å². The van der Waals surface area contributed by atoms with Crippen molar-refractivity contribution in [3.05, 3.63) is 12.2 Å². The van der Waals surface area contributed by atoms with Crippen LogP contribution in [-0.4, -0.2) is 18.9 Å². The zero-order chi connectivity index (χ0) is 10.1. The van der Waals surface area contributed by atoms with Crippen molar-refractivity contribution in [3.8, 4) is 0 Å². The molecular formula is C10H16O3. The summed E-state index contributed by atoms with van der Waals surface area (Å²) in [5.74, 6) is -0.424. The number of aldehydes is 1.